The summed E-state index contributed by atoms with van der Waals surface area (Å²) in [5.74, 6) is -0.322. The number of carbonyl (C=O) groups excluding carboxylic acids is 1. The molecule has 3 aromatic carbocycles. The van der Waals surface area contributed by atoms with Crippen LogP contribution in [0.15, 0.2) is 77.9 Å². The van der Waals surface area contributed by atoms with Gasteiger partial charge in [0.25, 0.3) is 11.6 Å². The molecule has 0 aromatic heterocycles. The Hall–Kier alpha value is -3.71. The largest absolute Gasteiger partial charge is 0.322 e. The average Bonchev–Trinajstić information content (AvgIpc) is 2.69. The third kappa shape index (κ3) is 4.72. The molecular weight excluding hydrogens is 380 g/mol. The zero-order valence-corrected chi connectivity index (χ0v) is 15.3. The van der Waals surface area contributed by atoms with Gasteiger partial charge in [0.15, 0.2) is 0 Å². The van der Waals surface area contributed by atoms with E-state index in [1.165, 1.54) is 12.3 Å². The van der Waals surface area contributed by atoms with E-state index >= 15 is 0 Å². The van der Waals surface area contributed by atoms with Crippen LogP contribution < -0.4 is 10.7 Å². The summed E-state index contributed by atoms with van der Waals surface area (Å²) in [4.78, 5) is 22.9. The Morgan fingerprint density at radius 3 is 2.57 bits per heavy atom. The Labute approximate surface area is 165 Å². The predicted molar refractivity (Wildman–Crippen MR) is 110 cm³/mol. The van der Waals surface area contributed by atoms with Crippen molar-refractivity contribution in [2.24, 2.45) is 5.10 Å². The van der Waals surface area contributed by atoms with Crippen LogP contribution in [0.5, 0.6) is 0 Å². The van der Waals surface area contributed by atoms with E-state index in [9.17, 15) is 14.9 Å². The monoisotopic (exact) mass is 394 g/mol. The number of rotatable bonds is 6. The lowest BCUT2D eigenvalue weighted by Crippen LogP contribution is -2.12. The van der Waals surface area contributed by atoms with Crippen molar-refractivity contribution in [3.8, 4) is 0 Å². The fourth-order valence-electron chi connectivity index (χ4n) is 2.44. The van der Waals surface area contributed by atoms with Gasteiger partial charge in [0, 0.05) is 11.8 Å². The predicted octanol–water partition coefficient (Wildman–Crippen LogP) is 4.95. The molecule has 8 heteroatoms. The van der Waals surface area contributed by atoms with Crippen LogP contribution in [0.1, 0.15) is 15.9 Å². The third-order valence-electron chi connectivity index (χ3n) is 3.76. The zero-order valence-electron chi connectivity index (χ0n) is 14.5. The molecule has 0 saturated carbocycles. The SMILES string of the molecule is O=C(Nc1cccc(C=NNc2ccccc2[N+](=O)[O-])c1)c1ccccc1Cl. The van der Waals surface area contributed by atoms with Gasteiger partial charge in [-0.3, -0.25) is 20.3 Å². The number of hydrogen-bond donors (Lipinski definition) is 2. The van der Waals surface area contributed by atoms with Crippen molar-refractivity contribution >= 4 is 40.8 Å². The van der Waals surface area contributed by atoms with E-state index in [-0.39, 0.29) is 17.3 Å². The Bertz CT molecular complexity index is 1050. The van der Waals surface area contributed by atoms with Crippen molar-refractivity contribution in [2.75, 3.05) is 10.7 Å². The van der Waals surface area contributed by atoms with Gasteiger partial charge >= 0.3 is 0 Å². The maximum absolute atomic E-state index is 12.3. The van der Waals surface area contributed by atoms with E-state index in [1.807, 2.05) is 0 Å². The Balaban J connectivity index is 1.70. The summed E-state index contributed by atoms with van der Waals surface area (Å²) in [7, 11) is 0. The summed E-state index contributed by atoms with van der Waals surface area (Å²) in [5.41, 5.74) is 4.52. The van der Waals surface area contributed by atoms with Gasteiger partial charge in [-0.25, -0.2) is 0 Å². The van der Waals surface area contributed by atoms with E-state index in [1.54, 1.807) is 66.7 Å². The van der Waals surface area contributed by atoms with Crippen LogP contribution in [0.3, 0.4) is 0 Å². The summed E-state index contributed by atoms with van der Waals surface area (Å²) in [6.45, 7) is 0. The van der Waals surface area contributed by atoms with Crippen LogP contribution in [-0.2, 0) is 0 Å². The number of nitrogens with zero attached hydrogens (tertiary/aromatic N) is 2. The molecule has 2 N–H and O–H groups in total. The minimum atomic E-state index is -0.483. The van der Waals surface area contributed by atoms with E-state index in [0.717, 1.165) is 0 Å². The van der Waals surface area contributed by atoms with Gasteiger partial charge in [0.1, 0.15) is 5.69 Å². The van der Waals surface area contributed by atoms with E-state index < -0.39 is 4.92 Å². The van der Waals surface area contributed by atoms with Gasteiger partial charge in [-0.2, -0.15) is 5.10 Å². The fraction of sp³-hybridized carbons (Fsp3) is 0. The number of anilines is 2. The van der Waals surface area contributed by atoms with E-state index in [2.05, 4.69) is 15.8 Å². The van der Waals surface area contributed by atoms with Crippen LogP contribution in [0, 0.1) is 10.1 Å². The maximum atomic E-state index is 12.3. The van der Waals surface area contributed by atoms with Crippen molar-refractivity contribution in [2.45, 2.75) is 0 Å². The Kier molecular flexibility index (Phi) is 5.98. The summed E-state index contributed by atoms with van der Waals surface area (Å²) in [6.07, 6.45) is 1.50. The van der Waals surface area contributed by atoms with Crippen LogP contribution in [0.25, 0.3) is 0 Å². The molecule has 7 nitrogen and oxygen atoms in total. The van der Waals surface area contributed by atoms with Crippen LogP contribution in [-0.4, -0.2) is 17.0 Å². The van der Waals surface area contributed by atoms with E-state index in [0.29, 0.717) is 21.8 Å². The lowest BCUT2D eigenvalue weighted by atomic mass is 10.2. The molecule has 0 fully saturated rings. The fourth-order valence-corrected chi connectivity index (χ4v) is 2.67. The van der Waals surface area contributed by atoms with Gasteiger partial charge in [0.05, 0.1) is 21.7 Å². The highest BCUT2D eigenvalue weighted by Crippen LogP contribution is 2.23. The first-order valence-corrected chi connectivity index (χ1v) is 8.61. The summed E-state index contributed by atoms with van der Waals surface area (Å²) >= 11 is 6.04. The number of hydrazone groups is 1. The lowest BCUT2D eigenvalue weighted by Gasteiger charge is -2.07. The topological polar surface area (TPSA) is 96.6 Å². The standard InChI is InChI=1S/C20H15ClN4O3/c21-17-9-2-1-8-16(17)20(26)23-15-7-5-6-14(12-15)13-22-24-18-10-3-4-11-19(18)25(27)28/h1-13,24H,(H,23,26). The van der Waals surface area contributed by atoms with Gasteiger partial charge < -0.3 is 5.32 Å². The van der Waals surface area contributed by atoms with Crippen LogP contribution >= 0.6 is 11.6 Å². The molecule has 3 rings (SSSR count). The lowest BCUT2D eigenvalue weighted by molar-refractivity contribution is -0.384. The molecule has 0 heterocycles. The highest BCUT2D eigenvalue weighted by Gasteiger charge is 2.11. The molecule has 0 aliphatic rings. The molecule has 3 aromatic rings. The Morgan fingerprint density at radius 2 is 1.79 bits per heavy atom. The molecule has 0 atom stereocenters. The van der Waals surface area contributed by atoms with E-state index in [4.69, 9.17) is 11.6 Å². The van der Waals surface area contributed by atoms with Crippen molar-refractivity contribution in [1.29, 1.82) is 0 Å². The second-order valence-electron chi connectivity index (χ2n) is 5.70. The maximum Gasteiger partial charge on any atom is 0.294 e. The van der Waals surface area contributed by atoms with Gasteiger partial charge in [0.2, 0.25) is 0 Å². The molecule has 28 heavy (non-hydrogen) atoms. The average molecular weight is 395 g/mol. The quantitative estimate of drug-likeness (QED) is 0.351. The summed E-state index contributed by atoms with van der Waals surface area (Å²) < 4.78 is 0. The molecule has 0 unspecified atom stereocenters. The molecule has 0 bridgehead atoms. The van der Waals surface area contributed by atoms with Gasteiger partial charge in [-0.05, 0) is 35.9 Å². The number of carbonyl (C=O) groups is 1. The molecule has 1 amide bonds. The molecule has 0 aliphatic carbocycles. The Morgan fingerprint density at radius 1 is 1.04 bits per heavy atom. The number of nitro benzene ring substituents is 1. The molecule has 140 valence electrons. The highest BCUT2D eigenvalue weighted by molar-refractivity contribution is 6.34. The molecule has 0 spiro atoms. The summed E-state index contributed by atoms with van der Waals surface area (Å²) in [6, 6.07) is 20.0. The van der Waals surface area contributed by atoms with Gasteiger partial charge in [-0.1, -0.05) is 48.0 Å². The molecule has 0 saturated heterocycles. The highest BCUT2D eigenvalue weighted by atomic mass is 35.5. The molecule has 0 aliphatic heterocycles. The van der Waals surface area contributed by atoms with Crippen LogP contribution in [0.2, 0.25) is 5.02 Å². The van der Waals surface area contributed by atoms with Crippen molar-refractivity contribution in [3.63, 3.8) is 0 Å². The molecular formula is C20H15ClN4O3. The first-order valence-electron chi connectivity index (χ1n) is 8.23. The smallest absolute Gasteiger partial charge is 0.294 e. The second kappa shape index (κ2) is 8.79. The number of halogens is 1. The number of para-hydroxylation sites is 2. The third-order valence-corrected chi connectivity index (χ3v) is 4.09. The number of hydrogen-bond acceptors (Lipinski definition) is 5. The number of amides is 1. The molecule has 0 radical (unpaired) electrons. The normalized spacial score (nSPS) is 10.6. The van der Waals surface area contributed by atoms with Crippen molar-refractivity contribution in [3.05, 3.63) is 99.1 Å². The first kappa shape index (κ1) is 19.1. The number of nitrogens with one attached hydrogen (secondary N) is 2. The first-order chi connectivity index (χ1) is 13.5. The van der Waals surface area contributed by atoms with Crippen molar-refractivity contribution < 1.29 is 9.72 Å². The number of nitro groups is 1. The van der Waals surface area contributed by atoms with Crippen LogP contribution in [0.4, 0.5) is 17.1 Å². The van der Waals surface area contributed by atoms with Gasteiger partial charge in [-0.15, -0.1) is 0 Å². The minimum absolute atomic E-state index is 0.0691. The van der Waals surface area contributed by atoms with Crippen molar-refractivity contribution in [1.82, 2.24) is 0 Å². The summed E-state index contributed by atoms with van der Waals surface area (Å²) in [5, 5.41) is 18.2. The zero-order chi connectivity index (χ0) is 19.9. The number of benzene rings is 3. The minimum Gasteiger partial charge on any atom is -0.322 e. The second-order valence-corrected chi connectivity index (χ2v) is 6.11.